The Labute approximate surface area is 193 Å². The van der Waals surface area contributed by atoms with Crippen molar-refractivity contribution in [3.63, 3.8) is 0 Å². The summed E-state index contributed by atoms with van der Waals surface area (Å²) in [5.74, 6) is -0.208. The number of methoxy groups -OCH3 is 2. The Hall–Kier alpha value is -2.50. The second-order valence-electron chi connectivity index (χ2n) is 7.06. The second-order valence-corrected chi connectivity index (χ2v) is 11.4. The second kappa shape index (κ2) is 9.97. The number of amides is 1. The van der Waals surface area contributed by atoms with E-state index in [1.165, 1.54) is 38.5 Å². The number of sulfonamides is 1. The van der Waals surface area contributed by atoms with Gasteiger partial charge >= 0.3 is 0 Å². The lowest BCUT2D eigenvalue weighted by atomic mass is 10.1. The van der Waals surface area contributed by atoms with Gasteiger partial charge in [0.15, 0.2) is 9.84 Å². The minimum absolute atomic E-state index is 0.0940. The lowest BCUT2D eigenvalue weighted by Crippen LogP contribution is -2.41. The number of hydrogen-bond acceptors (Lipinski definition) is 7. The van der Waals surface area contributed by atoms with E-state index >= 15 is 0 Å². The maximum Gasteiger partial charge on any atom is 0.241 e. The van der Waals surface area contributed by atoms with Crippen molar-refractivity contribution in [2.24, 2.45) is 0 Å². The van der Waals surface area contributed by atoms with Crippen molar-refractivity contribution in [3.05, 3.63) is 47.0 Å². The molecule has 2 rings (SSSR count). The van der Waals surface area contributed by atoms with Crippen LogP contribution in [0.2, 0.25) is 5.02 Å². The van der Waals surface area contributed by atoms with Crippen LogP contribution < -0.4 is 19.1 Å². The van der Waals surface area contributed by atoms with Crippen molar-refractivity contribution in [2.45, 2.75) is 17.9 Å². The van der Waals surface area contributed by atoms with Crippen molar-refractivity contribution in [3.8, 4) is 11.5 Å². The molecule has 0 aromatic heterocycles. The van der Waals surface area contributed by atoms with Crippen LogP contribution in [0.1, 0.15) is 18.5 Å². The molecule has 32 heavy (non-hydrogen) atoms. The molecule has 0 aliphatic heterocycles. The fraction of sp³-hybridized carbons (Fsp3) is 0.350. The van der Waals surface area contributed by atoms with Gasteiger partial charge in [-0.05, 0) is 24.6 Å². The number of carbonyl (C=O) groups is 1. The van der Waals surface area contributed by atoms with Gasteiger partial charge in [-0.3, -0.25) is 9.10 Å². The van der Waals surface area contributed by atoms with Crippen LogP contribution in [0.3, 0.4) is 0 Å². The summed E-state index contributed by atoms with van der Waals surface area (Å²) in [5, 5.41) is 2.93. The van der Waals surface area contributed by atoms with Crippen LogP contribution in [-0.4, -0.2) is 56.0 Å². The molecule has 1 unspecified atom stereocenters. The lowest BCUT2D eigenvalue weighted by Gasteiger charge is -2.25. The van der Waals surface area contributed by atoms with Crippen molar-refractivity contribution in [1.82, 2.24) is 5.32 Å². The minimum Gasteiger partial charge on any atom is -0.495 e. The summed E-state index contributed by atoms with van der Waals surface area (Å²) in [5.41, 5.74) is 0.749. The van der Waals surface area contributed by atoms with Crippen LogP contribution in [0.4, 0.5) is 5.69 Å². The third kappa shape index (κ3) is 6.27. The zero-order valence-corrected chi connectivity index (χ0v) is 20.6. The van der Waals surface area contributed by atoms with Gasteiger partial charge in [-0.2, -0.15) is 0 Å². The molecule has 0 radical (unpaired) electrons. The average molecular weight is 505 g/mol. The maximum absolute atomic E-state index is 12.7. The average Bonchev–Trinajstić information content (AvgIpc) is 2.70. The molecule has 1 atom stereocenters. The SMILES string of the molecule is COc1cc(N(CC(=O)NC(C)c2ccc(S(C)(=O)=O)cc2)S(C)(=O)=O)c(OC)cc1Cl. The highest BCUT2D eigenvalue weighted by molar-refractivity contribution is 7.92. The number of nitrogens with one attached hydrogen (secondary N) is 1. The van der Waals surface area contributed by atoms with Gasteiger partial charge in [0, 0.05) is 18.4 Å². The molecule has 1 N–H and O–H groups in total. The topological polar surface area (TPSA) is 119 Å². The first-order chi connectivity index (χ1) is 14.8. The van der Waals surface area contributed by atoms with Gasteiger partial charge in [0.05, 0.1) is 42.1 Å². The molecule has 0 aliphatic rings. The van der Waals surface area contributed by atoms with E-state index in [2.05, 4.69) is 5.32 Å². The molecule has 2 aromatic carbocycles. The van der Waals surface area contributed by atoms with Gasteiger partial charge < -0.3 is 14.8 Å². The van der Waals surface area contributed by atoms with Crippen LogP contribution in [0.25, 0.3) is 0 Å². The molecule has 0 bridgehead atoms. The molecule has 2 aromatic rings. The third-order valence-electron chi connectivity index (χ3n) is 4.60. The standard InChI is InChI=1S/C20H25ClN2O7S2/c1-13(14-6-8-15(9-7-14)31(4,25)26)22-20(24)12-23(32(5,27)28)17-11-18(29-2)16(21)10-19(17)30-3/h6-11,13H,12H2,1-5H3,(H,22,24). The van der Waals surface area contributed by atoms with Crippen LogP contribution in [-0.2, 0) is 24.7 Å². The molecule has 0 fully saturated rings. The highest BCUT2D eigenvalue weighted by Gasteiger charge is 2.26. The number of halogens is 1. The lowest BCUT2D eigenvalue weighted by molar-refractivity contribution is -0.120. The van der Waals surface area contributed by atoms with Crippen LogP contribution >= 0.6 is 11.6 Å². The van der Waals surface area contributed by atoms with E-state index in [0.717, 1.165) is 16.8 Å². The van der Waals surface area contributed by atoms with Gasteiger partial charge in [-0.1, -0.05) is 23.7 Å². The van der Waals surface area contributed by atoms with E-state index in [0.29, 0.717) is 5.56 Å². The molecule has 9 nitrogen and oxygen atoms in total. The smallest absolute Gasteiger partial charge is 0.241 e. The first kappa shape index (κ1) is 25.8. The fourth-order valence-corrected chi connectivity index (χ4v) is 4.64. The summed E-state index contributed by atoms with van der Waals surface area (Å²) in [4.78, 5) is 12.9. The Morgan fingerprint density at radius 3 is 2.06 bits per heavy atom. The molecular formula is C20H25ClN2O7S2. The molecule has 0 saturated carbocycles. The van der Waals surface area contributed by atoms with Gasteiger partial charge in [0.1, 0.15) is 18.0 Å². The predicted molar refractivity (Wildman–Crippen MR) is 123 cm³/mol. The number of carbonyl (C=O) groups excluding carboxylic acids is 1. The number of hydrogen-bond donors (Lipinski definition) is 1. The highest BCUT2D eigenvalue weighted by atomic mass is 35.5. The van der Waals surface area contributed by atoms with Crippen molar-refractivity contribution in [2.75, 3.05) is 37.6 Å². The maximum atomic E-state index is 12.7. The van der Waals surface area contributed by atoms with Crippen molar-refractivity contribution >= 4 is 43.1 Å². The van der Waals surface area contributed by atoms with Gasteiger partial charge in [0.2, 0.25) is 15.9 Å². The summed E-state index contributed by atoms with van der Waals surface area (Å²) in [6.07, 6.45) is 2.07. The first-order valence-corrected chi connectivity index (χ1v) is 13.4. The first-order valence-electron chi connectivity index (χ1n) is 9.26. The quantitative estimate of drug-likeness (QED) is 0.556. The fourth-order valence-electron chi connectivity index (χ4n) is 2.92. The van der Waals surface area contributed by atoms with Crippen molar-refractivity contribution < 1.29 is 31.1 Å². The Balaban J connectivity index is 2.28. The Kier molecular flexibility index (Phi) is 8.02. The van der Waals surface area contributed by atoms with Crippen molar-refractivity contribution in [1.29, 1.82) is 0 Å². The van der Waals surface area contributed by atoms with Gasteiger partial charge in [0.25, 0.3) is 0 Å². The molecule has 1 amide bonds. The van der Waals surface area contributed by atoms with E-state index in [-0.39, 0.29) is 27.1 Å². The summed E-state index contributed by atoms with van der Waals surface area (Å²) >= 11 is 6.09. The Morgan fingerprint density at radius 2 is 1.59 bits per heavy atom. The number of sulfone groups is 1. The molecule has 176 valence electrons. The zero-order chi connectivity index (χ0) is 24.3. The number of rotatable bonds is 9. The predicted octanol–water partition coefficient (Wildman–Crippen LogP) is 2.40. The Morgan fingerprint density at radius 1 is 1.03 bits per heavy atom. The normalized spacial score (nSPS) is 12.7. The van der Waals surface area contributed by atoms with Gasteiger partial charge in [-0.25, -0.2) is 16.8 Å². The number of anilines is 1. The molecular weight excluding hydrogens is 480 g/mol. The Bertz CT molecular complexity index is 1200. The molecule has 0 spiro atoms. The van der Waals surface area contributed by atoms with Gasteiger partial charge in [-0.15, -0.1) is 0 Å². The van der Waals surface area contributed by atoms with Crippen LogP contribution in [0.5, 0.6) is 11.5 Å². The number of nitrogens with zero attached hydrogens (tertiary/aromatic N) is 1. The molecule has 0 heterocycles. The number of benzene rings is 2. The van der Waals surface area contributed by atoms with Crippen LogP contribution in [0.15, 0.2) is 41.3 Å². The minimum atomic E-state index is -3.88. The highest BCUT2D eigenvalue weighted by Crippen LogP contribution is 2.38. The van der Waals surface area contributed by atoms with E-state index in [4.69, 9.17) is 21.1 Å². The molecule has 0 aliphatic carbocycles. The van der Waals surface area contributed by atoms with E-state index in [1.54, 1.807) is 19.1 Å². The third-order valence-corrected chi connectivity index (χ3v) is 7.15. The zero-order valence-electron chi connectivity index (χ0n) is 18.2. The number of ether oxygens (including phenoxy) is 2. The summed E-state index contributed by atoms with van der Waals surface area (Å²) in [6, 6.07) is 8.34. The summed E-state index contributed by atoms with van der Waals surface area (Å²) in [7, 11) is -4.49. The summed E-state index contributed by atoms with van der Waals surface area (Å²) < 4.78 is 59.4. The monoisotopic (exact) mass is 504 g/mol. The van der Waals surface area contributed by atoms with E-state index in [1.807, 2.05) is 0 Å². The van der Waals surface area contributed by atoms with E-state index < -0.39 is 38.4 Å². The van der Waals surface area contributed by atoms with Crippen LogP contribution in [0, 0.1) is 0 Å². The largest absolute Gasteiger partial charge is 0.495 e. The van der Waals surface area contributed by atoms with E-state index in [9.17, 15) is 21.6 Å². The molecule has 12 heteroatoms. The summed E-state index contributed by atoms with van der Waals surface area (Å²) in [6.45, 7) is 1.18. The molecule has 0 saturated heterocycles.